The number of ketones is 1. The van der Waals surface area contributed by atoms with Gasteiger partial charge in [-0.15, -0.1) is 0 Å². The number of benzene rings is 2. The minimum Gasteiger partial charge on any atom is -0.504 e. The molecule has 6 nitrogen and oxygen atoms in total. The van der Waals surface area contributed by atoms with E-state index in [1.807, 2.05) is 18.2 Å². The van der Waals surface area contributed by atoms with Crippen molar-refractivity contribution in [3.63, 3.8) is 0 Å². The van der Waals surface area contributed by atoms with Crippen LogP contribution in [0.4, 0.5) is 5.69 Å². The lowest BCUT2D eigenvalue weighted by molar-refractivity contribution is -0.116. The summed E-state index contributed by atoms with van der Waals surface area (Å²) >= 11 is 0. The van der Waals surface area contributed by atoms with Crippen LogP contribution >= 0.6 is 0 Å². The van der Waals surface area contributed by atoms with E-state index in [-0.39, 0.29) is 24.2 Å². The predicted octanol–water partition coefficient (Wildman–Crippen LogP) is 3.69. The number of hydrogen-bond donors (Lipinski definition) is 2. The first-order valence-electron chi connectivity index (χ1n) is 8.99. The summed E-state index contributed by atoms with van der Waals surface area (Å²) < 4.78 is 16.2. The van der Waals surface area contributed by atoms with Crippen LogP contribution in [0.2, 0.25) is 0 Å². The molecule has 6 heteroatoms. The number of phenolic OH excluding ortho intramolecular Hbond substituents is 1. The number of Topliss-reactive ketones (excluding diaryl/α,β-unsaturated/α-hetero) is 1. The third kappa shape index (κ3) is 2.44. The van der Waals surface area contributed by atoms with Gasteiger partial charge in [-0.3, -0.25) is 4.79 Å². The lowest BCUT2D eigenvalue weighted by Gasteiger charge is -2.34. The van der Waals surface area contributed by atoms with Crippen LogP contribution in [0, 0.1) is 0 Å². The van der Waals surface area contributed by atoms with Crippen LogP contribution < -0.4 is 19.5 Å². The van der Waals surface area contributed by atoms with Crippen LogP contribution in [0.25, 0.3) is 0 Å². The van der Waals surface area contributed by atoms with Crippen molar-refractivity contribution in [3.05, 3.63) is 52.7 Å². The number of phenols is 1. The second kappa shape index (κ2) is 5.94. The minimum atomic E-state index is -0.268. The molecule has 0 fully saturated rings. The Balaban J connectivity index is 1.72. The molecule has 2 aliphatic heterocycles. The molecule has 1 atom stereocenters. The summed E-state index contributed by atoms with van der Waals surface area (Å²) in [5.74, 6) is 1.71. The SMILES string of the molecule is COc1ccc([C@H]2C3=C(CCCC3=O)Nc3cc4c(cc32)OCO4)cc1O. The first kappa shape index (κ1) is 16.1. The molecule has 0 saturated heterocycles. The standard InChI is InChI=1S/C21H19NO5/c1-25-17-6-5-11(7-16(17)24)20-12-8-18-19(27-10-26-18)9-14(12)22-13-3-2-4-15(23)21(13)20/h5-9,20,22,24H,2-4,10H2,1H3/t20-/m1/s1. The normalized spacial score (nSPS) is 20.0. The van der Waals surface area contributed by atoms with Gasteiger partial charge in [0.1, 0.15) is 0 Å². The minimum absolute atomic E-state index is 0.0567. The van der Waals surface area contributed by atoms with E-state index in [1.165, 1.54) is 7.11 Å². The van der Waals surface area contributed by atoms with E-state index in [1.54, 1.807) is 12.1 Å². The van der Waals surface area contributed by atoms with Gasteiger partial charge in [-0.25, -0.2) is 0 Å². The quantitative estimate of drug-likeness (QED) is 0.845. The molecule has 2 aromatic rings. The van der Waals surface area contributed by atoms with Crippen molar-refractivity contribution in [1.82, 2.24) is 0 Å². The molecule has 138 valence electrons. The van der Waals surface area contributed by atoms with Crippen LogP contribution in [0.15, 0.2) is 41.6 Å². The van der Waals surface area contributed by atoms with Gasteiger partial charge in [-0.1, -0.05) is 6.07 Å². The number of anilines is 1. The fraction of sp³-hybridized carbons (Fsp3) is 0.286. The topological polar surface area (TPSA) is 77.0 Å². The number of allylic oxidation sites excluding steroid dienone is 2. The van der Waals surface area contributed by atoms with Crippen molar-refractivity contribution in [2.45, 2.75) is 25.2 Å². The average Bonchev–Trinajstić information content (AvgIpc) is 3.12. The number of ether oxygens (including phenoxy) is 3. The third-order valence-corrected chi connectivity index (χ3v) is 5.42. The Bertz CT molecular complexity index is 994. The van der Waals surface area contributed by atoms with Crippen molar-refractivity contribution in [2.24, 2.45) is 0 Å². The number of aromatic hydroxyl groups is 1. The van der Waals surface area contributed by atoms with Crippen LogP contribution in [0.1, 0.15) is 36.3 Å². The van der Waals surface area contributed by atoms with Crippen molar-refractivity contribution in [2.75, 3.05) is 19.2 Å². The zero-order valence-electron chi connectivity index (χ0n) is 14.9. The summed E-state index contributed by atoms with van der Waals surface area (Å²) in [5, 5.41) is 13.7. The molecule has 0 radical (unpaired) electrons. The molecule has 2 N–H and O–H groups in total. The van der Waals surface area contributed by atoms with Gasteiger partial charge in [-0.05, 0) is 42.2 Å². The molecule has 5 rings (SSSR count). The lowest BCUT2D eigenvalue weighted by atomic mass is 9.75. The molecule has 0 saturated carbocycles. The number of carbonyl (C=O) groups is 1. The maximum absolute atomic E-state index is 12.8. The van der Waals surface area contributed by atoms with E-state index >= 15 is 0 Å². The van der Waals surface area contributed by atoms with Gasteiger partial charge in [0.25, 0.3) is 0 Å². The van der Waals surface area contributed by atoms with E-state index in [0.717, 1.165) is 40.9 Å². The van der Waals surface area contributed by atoms with Gasteiger partial charge >= 0.3 is 0 Å². The molecular weight excluding hydrogens is 346 g/mol. The summed E-state index contributed by atoms with van der Waals surface area (Å²) in [6, 6.07) is 9.16. The molecule has 1 aliphatic carbocycles. The van der Waals surface area contributed by atoms with Crippen molar-refractivity contribution in [1.29, 1.82) is 0 Å². The summed E-state index contributed by atoms with van der Waals surface area (Å²) in [5.41, 5.74) is 4.43. The highest BCUT2D eigenvalue weighted by Gasteiger charge is 2.36. The number of nitrogens with one attached hydrogen (secondary N) is 1. The summed E-state index contributed by atoms with van der Waals surface area (Å²) in [7, 11) is 1.51. The molecule has 0 aromatic heterocycles. The Kier molecular flexibility index (Phi) is 3.53. The van der Waals surface area contributed by atoms with Gasteiger partial charge in [-0.2, -0.15) is 0 Å². The third-order valence-electron chi connectivity index (χ3n) is 5.42. The fourth-order valence-corrected chi connectivity index (χ4v) is 4.18. The van der Waals surface area contributed by atoms with Gasteiger partial charge in [0.2, 0.25) is 6.79 Å². The van der Waals surface area contributed by atoms with E-state index in [4.69, 9.17) is 14.2 Å². The second-order valence-electron chi connectivity index (χ2n) is 6.95. The summed E-state index contributed by atoms with van der Waals surface area (Å²) in [6.45, 7) is 0.193. The van der Waals surface area contributed by atoms with Gasteiger partial charge in [0.05, 0.1) is 7.11 Å². The maximum Gasteiger partial charge on any atom is 0.231 e. The monoisotopic (exact) mass is 365 g/mol. The predicted molar refractivity (Wildman–Crippen MR) is 98.6 cm³/mol. The van der Waals surface area contributed by atoms with E-state index in [2.05, 4.69) is 5.32 Å². The highest BCUT2D eigenvalue weighted by molar-refractivity contribution is 6.01. The Morgan fingerprint density at radius 2 is 1.96 bits per heavy atom. The first-order valence-corrected chi connectivity index (χ1v) is 8.99. The smallest absolute Gasteiger partial charge is 0.231 e. The number of fused-ring (bicyclic) bond motifs is 2. The van der Waals surface area contributed by atoms with Crippen molar-refractivity contribution < 1.29 is 24.1 Å². The number of hydrogen-bond acceptors (Lipinski definition) is 6. The molecule has 2 aromatic carbocycles. The first-order chi connectivity index (χ1) is 13.2. The Labute approximate surface area is 156 Å². The largest absolute Gasteiger partial charge is 0.504 e. The Hall–Kier alpha value is -3.15. The zero-order valence-corrected chi connectivity index (χ0v) is 14.9. The molecular formula is C21H19NO5. The summed E-state index contributed by atoms with van der Waals surface area (Å²) in [6.07, 6.45) is 2.21. The second-order valence-corrected chi connectivity index (χ2v) is 6.95. The van der Waals surface area contributed by atoms with Crippen LogP contribution in [0.5, 0.6) is 23.0 Å². The molecule has 0 spiro atoms. The highest BCUT2D eigenvalue weighted by atomic mass is 16.7. The van der Waals surface area contributed by atoms with Crippen molar-refractivity contribution >= 4 is 11.5 Å². The van der Waals surface area contributed by atoms with E-state index < -0.39 is 0 Å². The zero-order chi connectivity index (χ0) is 18.5. The Morgan fingerprint density at radius 3 is 2.74 bits per heavy atom. The highest BCUT2D eigenvalue weighted by Crippen LogP contribution is 2.50. The van der Waals surface area contributed by atoms with Gasteiger partial charge in [0, 0.05) is 35.4 Å². The van der Waals surface area contributed by atoms with Crippen LogP contribution in [-0.2, 0) is 4.79 Å². The van der Waals surface area contributed by atoms with E-state index in [9.17, 15) is 9.90 Å². The number of rotatable bonds is 2. The van der Waals surface area contributed by atoms with Gasteiger partial charge < -0.3 is 24.6 Å². The van der Waals surface area contributed by atoms with Crippen LogP contribution in [-0.4, -0.2) is 24.8 Å². The molecule has 0 unspecified atom stereocenters. The maximum atomic E-state index is 12.8. The summed E-state index contributed by atoms with van der Waals surface area (Å²) in [4.78, 5) is 12.8. The Morgan fingerprint density at radius 1 is 1.15 bits per heavy atom. The lowest BCUT2D eigenvalue weighted by Crippen LogP contribution is -2.26. The molecule has 27 heavy (non-hydrogen) atoms. The van der Waals surface area contributed by atoms with E-state index in [0.29, 0.717) is 23.7 Å². The molecule has 0 amide bonds. The van der Waals surface area contributed by atoms with Gasteiger partial charge in [0.15, 0.2) is 28.8 Å². The van der Waals surface area contributed by atoms with Crippen LogP contribution in [0.3, 0.4) is 0 Å². The molecule has 2 heterocycles. The fourth-order valence-electron chi connectivity index (χ4n) is 4.18. The number of carbonyl (C=O) groups excluding carboxylic acids is 1. The average molecular weight is 365 g/mol. The number of methoxy groups -OCH3 is 1. The molecule has 0 bridgehead atoms. The molecule has 3 aliphatic rings. The van der Waals surface area contributed by atoms with Crippen molar-refractivity contribution in [3.8, 4) is 23.0 Å².